The molecule has 6 heteroatoms. The summed E-state index contributed by atoms with van der Waals surface area (Å²) in [7, 11) is 1.38. The number of rotatable bonds is 5. The molecule has 1 aromatic heterocycles. The molecule has 2 aromatic rings. The van der Waals surface area contributed by atoms with Gasteiger partial charge in [-0.1, -0.05) is 12.1 Å². The van der Waals surface area contributed by atoms with Crippen molar-refractivity contribution in [3.05, 3.63) is 29.9 Å². The van der Waals surface area contributed by atoms with Crippen molar-refractivity contribution in [2.24, 2.45) is 0 Å². The number of nitrogens with zero attached hydrogens (tertiary/aromatic N) is 2. The first-order valence-electron chi connectivity index (χ1n) is 8.33. The Morgan fingerprint density at radius 3 is 2.48 bits per heavy atom. The largest absolute Gasteiger partial charge is 0.468 e. The van der Waals surface area contributed by atoms with Crippen LogP contribution in [0.25, 0.3) is 11.0 Å². The molecule has 3 rings (SSSR count). The zero-order chi connectivity index (χ0) is 16.2. The number of quaternary nitrogens is 1. The van der Waals surface area contributed by atoms with Crippen molar-refractivity contribution in [2.75, 3.05) is 26.7 Å². The van der Waals surface area contributed by atoms with Crippen LogP contribution in [0.3, 0.4) is 0 Å². The number of benzene rings is 1. The van der Waals surface area contributed by atoms with E-state index in [1.165, 1.54) is 39.5 Å². The smallest absolute Gasteiger partial charge is 0.325 e. The fourth-order valence-corrected chi connectivity index (χ4v) is 3.45. The van der Waals surface area contributed by atoms with Gasteiger partial charge in [0.2, 0.25) is 5.62 Å². The molecule has 1 aliphatic heterocycles. The van der Waals surface area contributed by atoms with E-state index < -0.39 is 0 Å². The lowest BCUT2D eigenvalue weighted by atomic mass is 10.1. The van der Waals surface area contributed by atoms with Crippen LogP contribution in [0.1, 0.15) is 19.3 Å². The van der Waals surface area contributed by atoms with Crippen LogP contribution in [0.2, 0.25) is 0 Å². The van der Waals surface area contributed by atoms with Gasteiger partial charge in [0.1, 0.15) is 6.54 Å². The number of hydrogen-bond acceptors (Lipinski definition) is 3. The van der Waals surface area contributed by atoms with Crippen molar-refractivity contribution in [3.63, 3.8) is 0 Å². The van der Waals surface area contributed by atoms with Gasteiger partial charge >= 0.3 is 5.97 Å². The fourth-order valence-electron chi connectivity index (χ4n) is 3.45. The summed E-state index contributed by atoms with van der Waals surface area (Å²) in [4.78, 5) is 13.3. The van der Waals surface area contributed by atoms with E-state index in [2.05, 4.69) is 0 Å². The van der Waals surface area contributed by atoms with Crippen molar-refractivity contribution in [1.82, 2.24) is 9.13 Å². The predicted octanol–water partition coefficient (Wildman–Crippen LogP) is 0.164. The lowest BCUT2D eigenvalue weighted by molar-refractivity contribution is -0.905. The highest BCUT2D eigenvalue weighted by molar-refractivity contribution is 5.78. The van der Waals surface area contributed by atoms with Gasteiger partial charge in [0.25, 0.3) is 0 Å². The number of hydrogen-bond donors (Lipinski definition) is 2. The minimum Gasteiger partial charge on any atom is -0.468 e. The second kappa shape index (κ2) is 7.00. The molecule has 0 atom stereocenters. The van der Waals surface area contributed by atoms with Gasteiger partial charge in [0, 0.05) is 0 Å². The van der Waals surface area contributed by atoms with Gasteiger partial charge in [-0.3, -0.25) is 14.8 Å². The molecule has 6 nitrogen and oxygen atoms in total. The second-order valence-corrected chi connectivity index (χ2v) is 6.19. The van der Waals surface area contributed by atoms with E-state index in [-0.39, 0.29) is 12.5 Å². The number of piperidine rings is 1. The second-order valence-electron chi connectivity index (χ2n) is 6.19. The quantitative estimate of drug-likeness (QED) is 0.772. The van der Waals surface area contributed by atoms with Crippen molar-refractivity contribution in [3.8, 4) is 0 Å². The maximum absolute atomic E-state index is 11.7. The number of ether oxygens (including phenoxy) is 1. The Morgan fingerprint density at radius 1 is 1.17 bits per heavy atom. The summed E-state index contributed by atoms with van der Waals surface area (Å²) in [6, 6.07) is 7.90. The van der Waals surface area contributed by atoms with E-state index in [1.807, 2.05) is 28.8 Å². The molecule has 2 heterocycles. The molecule has 0 radical (unpaired) electrons. The van der Waals surface area contributed by atoms with Gasteiger partial charge in [-0.2, -0.15) is 0 Å². The number of nitrogens with one attached hydrogen (secondary N) is 2. The number of para-hydroxylation sites is 2. The van der Waals surface area contributed by atoms with E-state index in [1.54, 1.807) is 9.47 Å². The molecule has 0 unspecified atom stereocenters. The lowest BCUT2D eigenvalue weighted by Crippen LogP contribution is -3.13. The highest BCUT2D eigenvalue weighted by atomic mass is 16.5. The first kappa shape index (κ1) is 15.8. The third-order valence-electron chi connectivity index (χ3n) is 4.74. The normalized spacial score (nSPS) is 15.9. The van der Waals surface area contributed by atoms with Gasteiger partial charge in [-0.15, -0.1) is 0 Å². The van der Waals surface area contributed by atoms with Crippen molar-refractivity contribution in [1.29, 1.82) is 5.41 Å². The van der Waals surface area contributed by atoms with Crippen LogP contribution in [0.5, 0.6) is 0 Å². The average Bonchev–Trinajstić information content (AvgIpc) is 2.86. The minimum atomic E-state index is -0.326. The summed E-state index contributed by atoms with van der Waals surface area (Å²) < 4.78 is 8.51. The Bertz CT molecular complexity index is 741. The molecule has 0 bridgehead atoms. The fraction of sp³-hybridized carbons (Fsp3) is 0.529. The van der Waals surface area contributed by atoms with Crippen molar-refractivity contribution < 1.29 is 14.4 Å². The molecule has 0 amide bonds. The zero-order valence-corrected chi connectivity index (χ0v) is 13.7. The molecule has 0 spiro atoms. The number of fused-ring (bicyclic) bond motifs is 1. The van der Waals surface area contributed by atoms with Crippen LogP contribution in [-0.2, 0) is 22.6 Å². The standard InChI is InChI=1S/C17H24N4O2/c1-23-16(22)13-21-15-8-4-3-7-14(15)20(17(21)18)12-11-19-9-5-2-6-10-19/h3-4,7-8,18H,2,5-6,9-13H2,1H3/p+1. The molecular weight excluding hydrogens is 292 g/mol. The monoisotopic (exact) mass is 317 g/mol. The molecule has 0 aliphatic carbocycles. The molecule has 1 aliphatic rings. The number of likely N-dealkylation sites (tertiary alicyclic amines) is 1. The number of carbonyl (C=O) groups is 1. The molecule has 1 aromatic carbocycles. The molecule has 0 saturated carbocycles. The number of imidazole rings is 1. The van der Waals surface area contributed by atoms with E-state index in [9.17, 15) is 4.79 Å². The third-order valence-corrected chi connectivity index (χ3v) is 4.74. The van der Waals surface area contributed by atoms with Crippen LogP contribution >= 0.6 is 0 Å². The van der Waals surface area contributed by atoms with Gasteiger partial charge in [0.05, 0.1) is 44.3 Å². The molecule has 23 heavy (non-hydrogen) atoms. The lowest BCUT2D eigenvalue weighted by Gasteiger charge is -2.23. The minimum absolute atomic E-state index is 0.0828. The van der Waals surface area contributed by atoms with E-state index >= 15 is 0 Å². The van der Waals surface area contributed by atoms with Gasteiger partial charge in [-0.05, 0) is 31.4 Å². The Labute approximate surface area is 135 Å². The van der Waals surface area contributed by atoms with Crippen LogP contribution in [0.4, 0.5) is 0 Å². The van der Waals surface area contributed by atoms with E-state index in [0.717, 1.165) is 24.1 Å². The van der Waals surface area contributed by atoms with E-state index in [4.69, 9.17) is 10.1 Å². The first-order valence-corrected chi connectivity index (χ1v) is 8.33. The maximum Gasteiger partial charge on any atom is 0.325 e. The zero-order valence-electron chi connectivity index (χ0n) is 13.7. The van der Waals surface area contributed by atoms with Gasteiger partial charge in [-0.25, -0.2) is 0 Å². The summed E-state index contributed by atoms with van der Waals surface area (Å²) >= 11 is 0. The highest BCUT2D eigenvalue weighted by Gasteiger charge is 2.17. The van der Waals surface area contributed by atoms with Crippen LogP contribution in [0.15, 0.2) is 24.3 Å². The number of aromatic nitrogens is 2. The van der Waals surface area contributed by atoms with Gasteiger partial charge in [0.15, 0.2) is 0 Å². The summed E-state index contributed by atoms with van der Waals surface area (Å²) in [6.45, 7) is 4.38. The van der Waals surface area contributed by atoms with Crippen LogP contribution in [0, 0.1) is 5.41 Å². The van der Waals surface area contributed by atoms with E-state index in [0.29, 0.717) is 5.62 Å². The number of methoxy groups -OCH3 is 1. The van der Waals surface area contributed by atoms with Crippen LogP contribution in [-0.4, -0.2) is 41.8 Å². The molecular formula is C17H25N4O2+. The summed E-state index contributed by atoms with van der Waals surface area (Å²) in [5, 5.41) is 8.47. The predicted molar refractivity (Wildman–Crippen MR) is 87.2 cm³/mol. The Morgan fingerprint density at radius 2 is 1.83 bits per heavy atom. The summed E-state index contributed by atoms with van der Waals surface area (Å²) in [5.41, 5.74) is 2.29. The van der Waals surface area contributed by atoms with Crippen LogP contribution < -0.4 is 10.5 Å². The highest BCUT2D eigenvalue weighted by Crippen LogP contribution is 2.12. The number of esters is 1. The average molecular weight is 317 g/mol. The molecule has 1 fully saturated rings. The topological polar surface area (TPSA) is 64.5 Å². The SMILES string of the molecule is COC(=O)Cn1c(=N)n(CC[NH+]2CCCCC2)c2ccccc21. The summed E-state index contributed by atoms with van der Waals surface area (Å²) in [6.07, 6.45) is 3.95. The van der Waals surface area contributed by atoms with Crippen molar-refractivity contribution >= 4 is 17.0 Å². The Balaban J connectivity index is 1.88. The molecule has 2 N–H and O–H groups in total. The van der Waals surface area contributed by atoms with Gasteiger partial charge < -0.3 is 14.2 Å². The van der Waals surface area contributed by atoms with Crippen molar-refractivity contribution in [2.45, 2.75) is 32.4 Å². The Hall–Kier alpha value is -2.08. The first-order chi connectivity index (χ1) is 11.2. The molecule has 124 valence electrons. The summed E-state index contributed by atoms with van der Waals surface area (Å²) in [5.74, 6) is -0.326. The third kappa shape index (κ3) is 3.32. The Kier molecular flexibility index (Phi) is 4.81. The maximum atomic E-state index is 11.7. The molecule has 1 saturated heterocycles. The number of carbonyl (C=O) groups excluding carboxylic acids is 1.